The smallest absolute Gasteiger partial charge is 0.322 e. The molecule has 0 aliphatic carbocycles. The number of nitrogens with zero attached hydrogens (tertiary/aromatic N) is 3. The molecular weight excluding hydrogens is 378 g/mol. The van der Waals surface area contributed by atoms with E-state index >= 15 is 0 Å². The molecule has 0 unspecified atom stereocenters. The molecule has 2 aromatic rings. The summed E-state index contributed by atoms with van der Waals surface area (Å²) in [6, 6.07) is 10.3. The monoisotopic (exact) mass is 400 g/mol. The highest BCUT2D eigenvalue weighted by molar-refractivity contribution is 5.94. The van der Waals surface area contributed by atoms with E-state index in [1.54, 1.807) is 17.0 Å². The first-order valence-corrected chi connectivity index (χ1v) is 9.57. The van der Waals surface area contributed by atoms with Crippen LogP contribution in [0.2, 0.25) is 0 Å². The third-order valence-corrected chi connectivity index (χ3v) is 5.33. The minimum Gasteiger partial charge on any atom is -0.339 e. The van der Waals surface area contributed by atoms with E-state index in [1.807, 2.05) is 0 Å². The van der Waals surface area contributed by atoms with Crippen LogP contribution in [0.25, 0.3) is 0 Å². The summed E-state index contributed by atoms with van der Waals surface area (Å²) < 4.78 is 26.5. The van der Waals surface area contributed by atoms with E-state index in [1.165, 1.54) is 35.2 Å². The summed E-state index contributed by atoms with van der Waals surface area (Å²) in [4.78, 5) is 30.3. The van der Waals surface area contributed by atoms with Crippen LogP contribution in [-0.4, -0.2) is 59.4 Å². The Balaban J connectivity index is 1.29. The Morgan fingerprint density at radius 3 is 2.38 bits per heavy atom. The van der Waals surface area contributed by atoms with Crippen molar-refractivity contribution in [2.24, 2.45) is 0 Å². The van der Waals surface area contributed by atoms with Crippen molar-refractivity contribution in [3.63, 3.8) is 0 Å². The van der Waals surface area contributed by atoms with Gasteiger partial charge in [0.2, 0.25) is 5.91 Å². The number of halogens is 2. The first kappa shape index (κ1) is 19.3. The molecule has 0 bridgehead atoms. The van der Waals surface area contributed by atoms with Crippen molar-refractivity contribution in [3.8, 4) is 0 Å². The van der Waals surface area contributed by atoms with Crippen LogP contribution in [0.15, 0.2) is 42.5 Å². The van der Waals surface area contributed by atoms with Crippen LogP contribution in [-0.2, 0) is 17.9 Å². The van der Waals surface area contributed by atoms with Crippen LogP contribution >= 0.6 is 0 Å². The van der Waals surface area contributed by atoms with Crippen molar-refractivity contribution in [1.82, 2.24) is 14.7 Å². The molecule has 1 N–H and O–H groups in total. The second-order valence-corrected chi connectivity index (χ2v) is 7.37. The topological polar surface area (TPSA) is 55.9 Å². The molecule has 1 fully saturated rings. The molecule has 2 heterocycles. The maximum Gasteiger partial charge on any atom is 0.322 e. The minimum absolute atomic E-state index is 0.0419. The molecule has 2 aromatic carbocycles. The molecule has 1 saturated heterocycles. The Morgan fingerprint density at radius 2 is 1.66 bits per heavy atom. The number of piperazine rings is 1. The molecule has 4 rings (SSSR count). The number of hydrogen-bond acceptors (Lipinski definition) is 3. The zero-order valence-corrected chi connectivity index (χ0v) is 15.9. The van der Waals surface area contributed by atoms with Gasteiger partial charge in [-0.2, -0.15) is 0 Å². The van der Waals surface area contributed by atoms with Gasteiger partial charge < -0.3 is 15.1 Å². The summed E-state index contributed by atoms with van der Waals surface area (Å²) in [5.41, 5.74) is 2.26. The fraction of sp³-hybridized carbons (Fsp3) is 0.333. The van der Waals surface area contributed by atoms with Gasteiger partial charge in [-0.05, 0) is 41.5 Å². The van der Waals surface area contributed by atoms with E-state index in [0.717, 1.165) is 5.56 Å². The number of urea groups is 1. The van der Waals surface area contributed by atoms with Crippen molar-refractivity contribution >= 4 is 17.6 Å². The SMILES string of the molecule is O=C(CN1Cc2cc(F)ccc2NC1=O)N1CCN(Cc2ccc(F)cc2)CC1. The quantitative estimate of drug-likeness (QED) is 0.859. The van der Waals surface area contributed by atoms with E-state index in [-0.39, 0.29) is 36.7 Å². The Hall–Kier alpha value is -3.00. The number of fused-ring (bicyclic) bond motifs is 1. The lowest BCUT2D eigenvalue weighted by molar-refractivity contribution is -0.133. The number of nitrogens with one attached hydrogen (secondary N) is 1. The van der Waals surface area contributed by atoms with E-state index in [2.05, 4.69) is 10.2 Å². The zero-order chi connectivity index (χ0) is 20.4. The molecule has 29 heavy (non-hydrogen) atoms. The molecule has 0 radical (unpaired) electrons. The number of carbonyl (C=O) groups is 2. The van der Waals surface area contributed by atoms with Crippen molar-refractivity contribution in [2.75, 3.05) is 38.0 Å². The molecule has 8 heteroatoms. The Morgan fingerprint density at radius 1 is 0.966 bits per heavy atom. The number of rotatable bonds is 4. The van der Waals surface area contributed by atoms with Crippen LogP contribution in [0.3, 0.4) is 0 Å². The van der Waals surface area contributed by atoms with Crippen LogP contribution in [0.4, 0.5) is 19.3 Å². The van der Waals surface area contributed by atoms with E-state index < -0.39 is 0 Å². The highest BCUT2D eigenvalue weighted by Crippen LogP contribution is 2.24. The summed E-state index contributed by atoms with van der Waals surface area (Å²) in [7, 11) is 0. The van der Waals surface area contributed by atoms with Gasteiger partial charge in [0.25, 0.3) is 0 Å². The van der Waals surface area contributed by atoms with Crippen LogP contribution < -0.4 is 5.32 Å². The predicted octanol–water partition coefficient (Wildman–Crippen LogP) is 2.66. The van der Waals surface area contributed by atoms with Crippen LogP contribution in [0.5, 0.6) is 0 Å². The third kappa shape index (κ3) is 4.54. The first-order chi connectivity index (χ1) is 14.0. The van der Waals surface area contributed by atoms with Gasteiger partial charge in [0.15, 0.2) is 0 Å². The number of carbonyl (C=O) groups excluding carboxylic acids is 2. The van der Waals surface area contributed by atoms with Crippen molar-refractivity contribution in [1.29, 1.82) is 0 Å². The first-order valence-electron chi connectivity index (χ1n) is 9.57. The molecule has 2 aliphatic rings. The van der Waals surface area contributed by atoms with Gasteiger partial charge in [0.05, 0.1) is 6.54 Å². The molecule has 3 amide bonds. The highest BCUT2D eigenvalue weighted by Gasteiger charge is 2.28. The van der Waals surface area contributed by atoms with Gasteiger partial charge in [-0.1, -0.05) is 12.1 Å². The zero-order valence-electron chi connectivity index (χ0n) is 15.9. The normalized spacial score (nSPS) is 17.1. The molecular formula is C21H22F2N4O2. The summed E-state index contributed by atoms with van der Waals surface area (Å²) in [5.74, 6) is -0.749. The molecule has 0 aromatic heterocycles. The Labute approximate surface area is 167 Å². The maximum atomic E-state index is 13.5. The summed E-state index contributed by atoms with van der Waals surface area (Å²) in [5, 5.41) is 2.70. The van der Waals surface area contributed by atoms with Crippen LogP contribution in [0.1, 0.15) is 11.1 Å². The number of amides is 3. The minimum atomic E-state index is -0.372. The number of anilines is 1. The second-order valence-electron chi connectivity index (χ2n) is 7.37. The lowest BCUT2D eigenvalue weighted by Gasteiger charge is -2.36. The van der Waals surface area contributed by atoms with Crippen LogP contribution in [0, 0.1) is 11.6 Å². The predicted molar refractivity (Wildman–Crippen MR) is 104 cm³/mol. The van der Waals surface area contributed by atoms with E-state index in [0.29, 0.717) is 44.0 Å². The van der Waals surface area contributed by atoms with Gasteiger partial charge in [0.1, 0.15) is 18.2 Å². The van der Waals surface area contributed by atoms with Gasteiger partial charge in [-0.15, -0.1) is 0 Å². The largest absolute Gasteiger partial charge is 0.339 e. The fourth-order valence-electron chi connectivity index (χ4n) is 3.68. The second kappa shape index (κ2) is 8.16. The summed E-state index contributed by atoms with van der Waals surface area (Å²) in [6.45, 7) is 3.43. The number of benzene rings is 2. The van der Waals surface area contributed by atoms with Gasteiger partial charge in [-0.25, -0.2) is 13.6 Å². The van der Waals surface area contributed by atoms with E-state index in [9.17, 15) is 18.4 Å². The third-order valence-electron chi connectivity index (χ3n) is 5.33. The average Bonchev–Trinajstić information content (AvgIpc) is 2.71. The van der Waals surface area contributed by atoms with Gasteiger partial charge >= 0.3 is 6.03 Å². The highest BCUT2D eigenvalue weighted by atomic mass is 19.1. The van der Waals surface area contributed by atoms with E-state index in [4.69, 9.17) is 0 Å². The average molecular weight is 400 g/mol. The molecule has 0 saturated carbocycles. The van der Waals surface area contributed by atoms with Crippen molar-refractivity contribution in [2.45, 2.75) is 13.1 Å². The fourth-order valence-corrected chi connectivity index (χ4v) is 3.68. The molecule has 2 aliphatic heterocycles. The molecule has 6 nitrogen and oxygen atoms in total. The van der Waals surface area contributed by atoms with Crippen molar-refractivity contribution < 1.29 is 18.4 Å². The Bertz CT molecular complexity index is 911. The molecule has 0 spiro atoms. The number of hydrogen-bond donors (Lipinski definition) is 1. The summed E-state index contributed by atoms with van der Waals surface area (Å²) >= 11 is 0. The molecule has 0 atom stereocenters. The summed E-state index contributed by atoms with van der Waals surface area (Å²) in [6.07, 6.45) is 0. The lowest BCUT2D eigenvalue weighted by Crippen LogP contribution is -2.52. The van der Waals surface area contributed by atoms with Gasteiger partial charge in [0, 0.05) is 38.4 Å². The Kier molecular flexibility index (Phi) is 5.44. The lowest BCUT2D eigenvalue weighted by atomic mass is 10.1. The van der Waals surface area contributed by atoms with Crippen molar-refractivity contribution in [3.05, 3.63) is 65.2 Å². The van der Waals surface area contributed by atoms with Gasteiger partial charge in [-0.3, -0.25) is 9.69 Å². The maximum absolute atomic E-state index is 13.5. The molecule has 152 valence electrons. The standard InChI is InChI=1S/C21H22F2N4O2/c22-17-3-1-15(2-4-17)12-25-7-9-26(10-8-25)20(28)14-27-13-16-11-18(23)5-6-19(16)24-21(27)29/h1-6,11H,7-10,12-14H2,(H,24,29).